The Bertz CT molecular complexity index is 1690. The van der Waals surface area contributed by atoms with Gasteiger partial charge in [-0.1, -0.05) is 18.5 Å². The highest BCUT2D eigenvalue weighted by Crippen LogP contribution is 2.35. The summed E-state index contributed by atoms with van der Waals surface area (Å²) in [6.07, 6.45) is 0.421. The summed E-state index contributed by atoms with van der Waals surface area (Å²) >= 11 is 5.97. The van der Waals surface area contributed by atoms with Gasteiger partial charge in [0.15, 0.2) is 32.0 Å². The van der Waals surface area contributed by atoms with Crippen molar-refractivity contribution in [3.05, 3.63) is 47.5 Å². The van der Waals surface area contributed by atoms with E-state index in [0.717, 1.165) is 6.07 Å². The predicted octanol–water partition coefficient (Wildman–Crippen LogP) is 3.33. The van der Waals surface area contributed by atoms with Crippen LogP contribution in [0.1, 0.15) is 12.5 Å². The minimum atomic E-state index is -4.61. The fourth-order valence-electron chi connectivity index (χ4n) is 3.52. The number of pyridine rings is 1. The van der Waals surface area contributed by atoms with Crippen molar-refractivity contribution in [3.63, 3.8) is 0 Å². The molecule has 5 aromatic rings. The van der Waals surface area contributed by atoms with Gasteiger partial charge in [0.1, 0.15) is 16.9 Å². The molecule has 0 saturated carbocycles. The number of rotatable bonds is 4. The van der Waals surface area contributed by atoms with Crippen molar-refractivity contribution in [1.82, 2.24) is 38.9 Å². The molecule has 0 bridgehead atoms. The molecule has 5 heterocycles. The lowest BCUT2D eigenvalue weighted by Crippen LogP contribution is -2.08. The van der Waals surface area contributed by atoms with Gasteiger partial charge in [0.2, 0.25) is 0 Å². The lowest BCUT2D eigenvalue weighted by molar-refractivity contribution is -0.137. The van der Waals surface area contributed by atoms with E-state index >= 15 is 0 Å². The lowest BCUT2D eigenvalue weighted by Gasteiger charge is -2.05. The average Bonchev–Trinajstić information content (AvgIpc) is 3.48. The quantitative estimate of drug-likeness (QED) is 0.364. The molecule has 0 fully saturated rings. The largest absolute Gasteiger partial charge is 0.417 e. The molecule has 5 aromatic heterocycles. The molecule has 0 aliphatic carbocycles. The molecule has 0 unspecified atom stereocenters. The monoisotopic (exact) mass is 510 g/mol. The number of sulfone groups is 1. The zero-order valence-corrected chi connectivity index (χ0v) is 19.1. The van der Waals surface area contributed by atoms with Crippen molar-refractivity contribution in [2.75, 3.05) is 5.75 Å². The first-order chi connectivity index (χ1) is 16.0. The molecule has 10 nitrogen and oxygen atoms in total. The van der Waals surface area contributed by atoms with Crippen molar-refractivity contribution in [2.45, 2.75) is 18.1 Å². The molecule has 0 amide bonds. The van der Waals surface area contributed by atoms with Crippen molar-refractivity contribution in [2.24, 2.45) is 7.05 Å². The highest BCUT2D eigenvalue weighted by Gasteiger charge is 2.33. The number of hydrogen-bond acceptors (Lipinski definition) is 7. The summed E-state index contributed by atoms with van der Waals surface area (Å²) in [5.41, 5.74) is -0.734. The van der Waals surface area contributed by atoms with E-state index in [-0.39, 0.29) is 39.0 Å². The third-order valence-corrected chi connectivity index (χ3v) is 7.02. The second-order valence-electron chi connectivity index (χ2n) is 7.28. The number of hydrogen-bond donors (Lipinski definition) is 0. The molecule has 0 N–H and O–H groups in total. The van der Waals surface area contributed by atoms with Crippen LogP contribution in [0.3, 0.4) is 0 Å². The van der Waals surface area contributed by atoms with E-state index < -0.39 is 21.6 Å². The molecule has 0 aromatic carbocycles. The molecule has 0 atom stereocenters. The summed E-state index contributed by atoms with van der Waals surface area (Å²) in [5.74, 6) is 0.117. The Morgan fingerprint density at radius 1 is 1.15 bits per heavy atom. The maximum Gasteiger partial charge on any atom is 0.417 e. The van der Waals surface area contributed by atoms with Gasteiger partial charge in [-0.15, -0.1) is 0 Å². The zero-order chi connectivity index (χ0) is 24.4. The number of imidazole rings is 1. The summed E-state index contributed by atoms with van der Waals surface area (Å²) in [5, 5.41) is 8.45. The first-order valence-corrected chi connectivity index (χ1v) is 11.8. The first kappa shape index (κ1) is 22.3. The van der Waals surface area contributed by atoms with Crippen LogP contribution >= 0.6 is 11.6 Å². The normalized spacial score (nSPS) is 12.8. The molecule has 0 radical (unpaired) electrons. The Hall–Kier alpha value is -3.52. The lowest BCUT2D eigenvalue weighted by atomic mass is 10.2. The van der Waals surface area contributed by atoms with Crippen LogP contribution in [0.25, 0.3) is 34.0 Å². The van der Waals surface area contributed by atoms with E-state index in [2.05, 4.69) is 25.1 Å². The number of halogens is 4. The van der Waals surface area contributed by atoms with Gasteiger partial charge in [-0.25, -0.2) is 28.1 Å². The van der Waals surface area contributed by atoms with Gasteiger partial charge in [0, 0.05) is 25.5 Å². The van der Waals surface area contributed by atoms with Crippen LogP contribution in [0, 0.1) is 0 Å². The maximum absolute atomic E-state index is 13.2. The average molecular weight is 511 g/mol. The number of aromatic nitrogens is 8. The van der Waals surface area contributed by atoms with E-state index in [1.807, 2.05) is 0 Å². The third-order valence-electron chi connectivity index (χ3n) is 5.19. The van der Waals surface area contributed by atoms with Crippen LogP contribution in [-0.2, 0) is 23.1 Å². The zero-order valence-electron chi connectivity index (χ0n) is 17.5. The Labute approximate surface area is 194 Å². The van der Waals surface area contributed by atoms with Gasteiger partial charge in [0.25, 0.3) is 0 Å². The van der Waals surface area contributed by atoms with Gasteiger partial charge in [-0.2, -0.15) is 27.9 Å². The molecule has 15 heteroatoms. The topological polar surface area (TPSA) is 113 Å². The fraction of sp³-hybridized carbons (Fsp3) is 0.211. The van der Waals surface area contributed by atoms with Crippen LogP contribution in [0.5, 0.6) is 0 Å². The van der Waals surface area contributed by atoms with E-state index in [4.69, 9.17) is 11.6 Å². The maximum atomic E-state index is 13.2. The van der Waals surface area contributed by atoms with Crippen LogP contribution < -0.4 is 0 Å². The first-order valence-electron chi connectivity index (χ1n) is 9.72. The molecule has 34 heavy (non-hydrogen) atoms. The second-order valence-corrected chi connectivity index (χ2v) is 9.91. The smallest absolute Gasteiger partial charge is 0.312 e. The van der Waals surface area contributed by atoms with Crippen molar-refractivity contribution < 1.29 is 21.6 Å². The fourth-order valence-corrected chi connectivity index (χ4v) is 4.63. The van der Waals surface area contributed by atoms with Gasteiger partial charge in [-0.05, 0) is 6.07 Å². The number of fused-ring (bicyclic) bond motifs is 2. The van der Waals surface area contributed by atoms with Crippen LogP contribution in [0.4, 0.5) is 13.2 Å². The van der Waals surface area contributed by atoms with E-state index in [1.165, 1.54) is 46.3 Å². The van der Waals surface area contributed by atoms with E-state index in [9.17, 15) is 21.6 Å². The second kappa shape index (κ2) is 7.50. The Morgan fingerprint density at radius 3 is 2.56 bits per heavy atom. The molecule has 0 spiro atoms. The highest BCUT2D eigenvalue weighted by atomic mass is 35.5. The minimum Gasteiger partial charge on any atom is -0.312 e. The highest BCUT2D eigenvalue weighted by molar-refractivity contribution is 7.91. The van der Waals surface area contributed by atoms with Gasteiger partial charge in [-0.3, -0.25) is 0 Å². The summed E-state index contributed by atoms with van der Waals surface area (Å²) in [6, 6.07) is 2.41. The van der Waals surface area contributed by atoms with Crippen molar-refractivity contribution in [1.29, 1.82) is 0 Å². The molecule has 0 aliphatic heterocycles. The molecular formula is C19H14ClF3N8O2S. The van der Waals surface area contributed by atoms with E-state index in [0.29, 0.717) is 17.0 Å². The Balaban J connectivity index is 1.85. The summed E-state index contributed by atoms with van der Waals surface area (Å²) in [7, 11) is -2.38. The predicted molar refractivity (Wildman–Crippen MR) is 115 cm³/mol. The number of aryl methyl sites for hydroxylation is 1. The van der Waals surface area contributed by atoms with E-state index in [1.54, 1.807) is 6.07 Å². The standard InChI is InChI=1S/C19H14ClF3N8O2S/c1-3-34(32,33)18-14(16-24-5-4-13(31(16)28-18)30-9-11(20)8-26-30)17-27-12-6-10(19(21,22)23)7-25-15(12)29(17)2/h4-9H,3H2,1-2H3. The molecule has 0 aliphatic rings. The number of alkyl halides is 3. The van der Waals surface area contributed by atoms with Gasteiger partial charge >= 0.3 is 6.18 Å². The summed E-state index contributed by atoms with van der Waals surface area (Å²) in [4.78, 5) is 12.5. The van der Waals surface area contributed by atoms with Gasteiger partial charge in [0.05, 0.1) is 28.7 Å². The number of nitrogens with zero attached hydrogens (tertiary/aromatic N) is 8. The molecule has 176 valence electrons. The van der Waals surface area contributed by atoms with Crippen LogP contribution in [0.15, 0.2) is 41.9 Å². The molecule has 5 rings (SSSR count). The summed E-state index contributed by atoms with van der Waals surface area (Å²) < 4.78 is 69.6. The molecular weight excluding hydrogens is 497 g/mol. The Morgan fingerprint density at radius 2 is 1.91 bits per heavy atom. The van der Waals surface area contributed by atoms with Gasteiger partial charge < -0.3 is 4.57 Å². The molecule has 0 saturated heterocycles. The summed E-state index contributed by atoms with van der Waals surface area (Å²) in [6.45, 7) is 1.46. The van der Waals surface area contributed by atoms with Crippen molar-refractivity contribution in [3.8, 4) is 17.2 Å². The third kappa shape index (κ3) is 3.40. The van der Waals surface area contributed by atoms with Crippen LogP contribution in [-0.4, -0.2) is 53.1 Å². The SMILES string of the molecule is CCS(=O)(=O)c1nn2c(-n3cc(Cl)cn3)ccnc2c1-c1nc2cc(C(F)(F)F)cnc2n1C. The minimum absolute atomic E-state index is 0.0380. The van der Waals surface area contributed by atoms with Crippen LogP contribution in [0.2, 0.25) is 5.02 Å². The van der Waals surface area contributed by atoms with Crippen molar-refractivity contribution >= 4 is 38.2 Å². The Kier molecular flexibility index (Phi) is 4.91.